The Labute approximate surface area is 168 Å². The second-order valence-corrected chi connectivity index (χ2v) is 7.26. The number of pyridine rings is 1. The molecule has 1 N–H and O–H groups in total. The molecule has 6 nitrogen and oxygen atoms in total. The number of amides is 1. The normalized spacial score (nSPS) is 10.4. The number of halogens is 1. The van der Waals surface area contributed by atoms with Crippen LogP contribution in [0.3, 0.4) is 0 Å². The molecule has 2 heterocycles. The van der Waals surface area contributed by atoms with Gasteiger partial charge in [0, 0.05) is 22.2 Å². The lowest BCUT2D eigenvalue weighted by atomic mass is 10.2. The van der Waals surface area contributed by atoms with Crippen LogP contribution >= 0.6 is 34.7 Å². The van der Waals surface area contributed by atoms with E-state index in [1.807, 2.05) is 24.5 Å². The average Bonchev–Trinajstić information content (AvgIpc) is 3.14. The molecule has 0 spiro atoms. The number of aromatic nitrogens is 2. The Morgan fingerprint density at radius 2 is 2.07 bits per heavy atom. The highest BCUT2D eigenvalue weighted by atomic mass is 35.5. The monoisotopic (exact) mass is 419 g/mol. The fourth-order valence-corrected chi connectivity index (χ4v) is 3.69. The quantitative estimate of drug-likeness (QED) is 0.471. The van der Waals surface area contributed by atoms with Crippen LogP contribution in [0.2, 0.25) is 5.02 Å². The van der Waals surface area contributed by atoms with Crippen LogP contribution in [0, 0.1) is 0 Å². The van der Waals surface area contributed by atoms with Gasteiger partial charge in [-0.1, -0.05) is 29.8 Å². The third kappa shape index (κ3) is 4.85. The topological polar surface area (TPSA) is 81.2 Å². The predicted octanol–water partition coefficient (Wildman–Crippen LogP) is 4.38. The van der Waals surface area contributed by atoms with E-state index in [9.17, 15) is 9.59 Å². The molecule has 3 aromatic rings. The van der Waals surface area contributed by atoms with E-state index in [0.29, 0.717) is 26.4 Å². The number of carbonyl (C=O) groups is 2. The van der Waals surface area contributed by atoms with E-state index in [-0.39, 0.29) is 0 Å². The highest BCUT2D eigenvalue weighted by molar-refractivity contribution is 7.98. The minimum atomic E-state index is -0.599. The molecular weight excluding hydrogens is 406 g/mol. The Morgan fingerprint density at radius 3 is 2.85 bits per heavy atom. The van der Waals surface area contributed by atoms with Crippen LogP contribution in [-0.4, -0.2) is 34.7 Å². The number of hydrogen-bond acceptors (Lipinski definition) is 7. The van der Waals surface area contributed by atoms with Gasteiger partial charge in [-0.05, 0) is 24.5 Å². The first kappa shape index (κ1) is 19.3. The molecule has 0 atom stereocenters. The summed E-state index contributed by atoms with van der Waals surface area (Å²) in [6, 6.07) is 10.6. The number of anilines is 1. The predicted molar refractivity (Wildman–Crippen MR) is 107 cm³/mol. The van der Waals surface area contributed by atoms with Gasteiger partial charge in [-0.2, -0.15) is 0 Å². The smallest absolute Gasteiger partial charge is 0.341 e. The zero-order valence-corrected chi connectivity index (χ0v) is 16.5. The van der Waals surface area contributed by atoms with Crippen molar-refractivity contribution >= 4 is 51.7 Å². The van der Waals surface area contributed by atoms with Crippen LogP contribution in [0.5, 0.6) is 0 Å². The largest absolute Gasteiger partial charge is 0.452 e. The summed E-state index contributed by atoms with van der Waals surface area (Å²) in [4.78, 5) is 32.6. The first-order chi connectivity index (χ1) is 13.1. The van der Waals surface area contributed by atoms with Crippen molar-refractivity contribution in [3.63, 3.8) is 0 Å². The molecule has 0 aliphatic carbocycles. The lowest BCUT2D eigenvalue weighted by Gasteiger charge is -2.07. The lowest BCUT2D eigenvalue weighted by molar-refractivity contribution is -0.119. The number of carbonyl (C=O) groups excluding carboxylic acids is 2. The van der Waals surface area contributed by atoms with E-state index in [0.717, 1.165) is 5.56 Å². The first-order valence-electron chi connectivity index (χ1n) is 7.75. The zero-order chi connectivity index (χ0) is 19.2. The van der Waals surface area contributed by atoms with Crippen molar-refractivity contribution in [1.82, 2.24) is 9.97 Å². The van der Waals surface area contributed by atoms with Crippen molar-refractivity contribution in [2.45, 2.75) is 5.03 Å². The maximum atomic E-state index is 12.1. The molecule has 0 saturated heterocycles. The van der Waals surface area contributed by atoms with E-state index in [2.05, 4.69) is 15.3 Å². The van der Waals surface area contributed by atoms with Gasteiger partial charge in [0.15, 0.2) is 11.7 Å². The molecule has 138 valence electrons. The summed E-state index contributed by atoms with van der Waals surface area (Å²) in [6.07, 6.45) is 3.40. The van der Waals surface area contributed by atoms with Crippen LogP contribution in [0.1, 0.15) is 10.4 Å². The SMILES string of the molecule is CSc1ncccc1C(=O)OCC(=O)Nc1nc(-c2ccccc2Cl)cs1. The van der Waals surface area contributed by atoms with Crippen LogP contribution in [-0.2, 0) is 9.53 Å². The third-order valence-corrected chi connectivity index (χ3v) is 5.22. The van der Waals surface area contributed by atoms with Gasteiger partial charge >= 0.3 is 5.97 Å². The van der Waals surface area contributed by atoms with Crippen LogP contribution in [0.25, 0.3) is 11.3 Å². The Morgan fingerprint density at radius 1 is 1.26 bits per heavy atom. The Bertz CT molecular complexity index is 978. The van der Waals surface area contributed by atoms with Gasteiger partial charge < -0.3 is 4.74 Å². The van der Waals surface area contributed by atoms with Crippen LogP contribution < -0.4 is 5.32 Å². The fourth-order valence-electron chi connectivity index (χ4n) is 2.20. The number of nitrogens with one attached hydrogen (secondary N) is 1. The summed E-state index contributed by atoms with van der Waals surface area (Å²) in [5, 5.41) is 5.94. The summed E-state index contributed by atoms with van der Waals surface area (Å²) in [7, 11) is 0. The van der Waals surface area contributed by atoms with Gasteiger partial charge in [0.25, 0.3) is 5.91 Å². The summed E-state index contributed by atoms with van der Waals surface area (Å²) in [5.74, 6) is -1.07. The maximum Gasteiger partial charge on any atom is 0.341 e. The van der Waals surface area contributed by atoms with Crippen molar-refractivity contribution < 1.29 is 14.3 Å². The Hall–Kier alpha value is -2.42. The van der Waals surface area contributed by atoms with Gasteiger partial charge in [0.05, 0.1) is 11.3 Å². The van der Waals surface area contributed by atoms with Crippen molar-refractivity contribution in [1.29, 1.82) is 0 Å². The average molecular weight is 420 g/mol. The minimum Gasteiger partial charge on any atom is -0.452 e. The highest BCUT2D eigenvalue weighted by Crippen LogP contribution is 2.30. The number of esters is 1. The molecule has 9 heteroatoms. The molecule has 1 amide bonds. The van der Waals surface area contributed by atoms with Crippen molar-refractivity contribution in [2.24, 2.45) is 0 Å². The van der Waals surface area contributed by atoms with E-state index in [4.69, 9.17) is 16.3 Å². The Balaban J connectivity index is 1.59. The van der Waals surface area contributed by atoms with Gasteiger partial charge in [-0.3, -0.25) is 10.1 Å². The van der Waals surface area contributed by atoms with E-state index < -0.39 is 18.5 Å². The second kappa shape index (κ2) is 8.98. The molecule has 0 radical (unpaired) electrons. The van der Waals surface area contributed by atoms with Crippen LogP contribution in [0.4, 0.5) is 5.13 Å². The van der Waals surface area contributed by atoms with Crippen molar-refractivity contribution in [3.05, 3.63) is 58.6 Å². The number of hydrogen-bond donors (Lipinski definition) is 1. The van der Waals surface area contributed by atoms with E-state index in [1.165, 1.54) is 23.1 Å². The molecule has 2 aromatic heterocycles. The van der Waals surface area contributed by atoms with Crippen LogP contribution in [0.15, 0.2) is 53.0 Å². The molecule has 3 rings (SSSR count). The molecule has 0 aliphatic rings. The molecule has 1 aromatic carbocycles. The summed E-state index contributed by atoms with van der Waals surface area (Å²) < 4.78 is 5.07. The number of nitrogens with zero attached hydrogens (tertiary/aromatic N) is 2. The zero-order valence-electron chi connectivity index (χ0n) is 14.1. The van der Waals surface area contributed by atoms with Gasteiger partial charge in [-0.25, -0.2) is 14.8 Å². The lowest BCUT2D eigenvalue weighted by Crippen LogP contribution is -2.21. The number of benzene rings is 1. The molecule has 0 aliphatic heterocycles. The van der Waals surface area contributed by atoms with Gasteiger partial charge in [0.1, 0.15) is 5.03 Å². The molecule has 27 heavy (non-hydrogen) atoms. The highest BCUT2D eigenvalue weighted by Gasteiger charge is 2.16. The van der Waals surface area contributed by atoms with Crippen molar-refractivity contribution in [3.8, 4) is 11.3 Å². The van der Waals surface area contributed by atoms with E-state index >= 15 is 0 Å². The molecule has 0 bridgehead atoms. The number of rotatable bonds is 6. The number of ether oxygens (including phenoxy) is 1. The van der Waals surface area contributed by atoms with Gasteiger partial charge in [-0.15, -0.1) is 23.1 Å². The van der Waals surface area contributed by atoms with Gasteiger partial charge in [0.2, 0.25) is 0 Å². The summed E-state index contributed by atoms with van der Waals surface area (Å²) in [6.45, 7) is -0.414. The molecule has 0 unspecified atom stereocenters. The fraction of sp³-hybridized carbons (Fsp3) is 0.111. The van der Waals surface area contributed by atoms with E-state index in [1.54, 1.807) is 29.8 Å². The standard InChI is InChI=1S/C18H14ClN3O3S2/c1-26-16-12(6-4-8-20-16)17(24)25-9-15(23)22-18-21-14(10-27-18)11-5-2-3-7-13(11)19/h2-8,10H,9H2,1H3,(H,21,22,23). The minimum absolute atomic E-state index is 0.327. The third-order valence-electron chi connectivity index (χ3n) is 3.42. The molecule has 0 fully saturated rings. The second-order valence-electron chi connectivity index (χ2n) is 5.20. The number of thiazole rings is 1. The Kier molecular flexibility index (Phi) is 6.44. The molecular formula is C18H14ClN3O3S2. The van der Waals surface area contributed by atoms with Crippen molar-refractivity contribution in [2.75, 3.05) is 18.2 Å². The molecule has 0 saturated carbocycles. The number of thioether (sulfide) groups is 1. The first-order valence-corrected chi connectivity index (χ1v) is 10.2. The summed E-state index contributed by atoms with van der Waals surface area (Å²) in [5.41, 5.74) is 1.77. The maximum absolute atomic E-state index is 12.1. The summed E-state index contributed by atoms with van der Waals surface area (Å²) >= 11 is 8.75.